The Balaban J connectivity index is 1.40. The lowest BCUT2D eigenvalue weighted by molar-refractivity contribution is 0.0930. The predicted molar refractivity (Wildman–Crippen MR) is 106 cm³/mol. The van der Waals surface area contributed by atoms with Crippen LogP contribution in [0.2, 0.25) is 0 Å². The molecule has 0 bridgehead atoms. The van der Waals surface area contributed by atoms with Gasteiger partial charge in [0.1, 0.15) is 23.6 Å². The molecule has 32 heavy (non-hydrogen) atoms. The van der Waals surface area contributed by atoms with Gasteiger partial charge >= 0.3 is 6.09 Å². The van der Waals surface area contributed by atoms with Crippen molar-refractivity contribution >= 4 is 17.2 Å². The second-order valence-corrected chi connectivity index (χ2v) is 7.61. The maximum absolute atomic E-state index is 14.6. The molecule has 0 saturated heterocycles. The highest BCUT2D eigenvalue weighted by atomic mass is 19.3. The van der Waals surface area contributed by atoms with Crippen LogP contribution in [0.4, 0.5) is 18.0 Å². The first-order chi connectivity index (χ1) is 15.2. The highest BCUT2D eigenvalue weighted by Gasteiger charge is 2.56. The molecule has 2 N–H and O–H groups in total. The smallest absolute Gasteiger partial charge is 0.404 e. The number of halogens is 3. The van der Waals surface area contributed by atoms with Crippen LogP contribution in [0, 0.1) is 11.7 Å². The second-order valence-electron chi connectivity index (χ2n) is 7.61. The molecule has 2 aromatic heterocycles. The average molecular weight is 451 g/mol. The van der Waals surface area contributed by atoms with Crippen LogP contribution in [-0.2, 0) is 0 Å². The summed E-state index contributed by atoms with van der Waals surface area (Å²) in [5.74, 6) is -3.41. The number of alkyl halides is 2. The maximum atomic E-state index is 14.6. The van der Waals surface area contributed by atoms with Crippen molar-refractivity contribution in [2.75, 3.05) is 13.2 Å². The van der Waals surface area contributed by atoms with Gasteiger partial charge in [0.2, 0.25) is 5.89 Å². The summed E-state index contributed by atoms with van der Waals surface area (Å²) in [6, 6.07) is 5.42. The van der Waals surface area contributed by atoms with E-state index in [2.05, 4.69) is 15.3 Å². The molecular weight excluding hydrogens is 431 g/mol. The van der Waals surface area contributed by atoms with Gasteiger partial charge in [-0.2, -0.15) is 0 Å². The van der Waals surface area contributed by atoms with E-state index in [1.807, 2.05) is 0 Å². The Bertz CT molecular complexity index is 1140. The Morgan fingerprint density at radius 3 is 2.81 bits per heavy atom. The first-order valence-electron chi connectivity index (χ1n) is 9.90. The van der Waals surface area contributed by atoms with Gasteiger partial charge < -0.3 is 24.3 Å². The molecule has 1 aromatic carbocycles. The van der Waals surface area contributed by atoms with E-state index in [4.69, 9.17) is 19.0 Å². The van der Waals surface area contributed by atoms with Gasteiger partial charge in [0, 0.05) is 24.5 Å². The molecule has 0 aliphatic heterocycles. The van der Waals surface area contributed by atoms with Crippen LogP contribution in [0.3, 0.4) is 0 Å². The number of pyridine rings is 1. The minimum atomic E-state index is -2.57. The van der Waals surface area contributed by atoms with Crippen molar-refractivity contribution in [1.82, 2.24) is 15.3 Å². The standard InChI is InChI=1S/C21H20F3N3O5/c1-11(26-20(28)29)10-31-14-6-15(22)18(25-9-14)19-27-16-3-2-13(7-17(16)32-19)30-5-4-12-8-21(12,23)24/h2-3,6-7,9,11-12,26H,4-5,8,10H2,1H3,(H,28,29)/t11-,12?/m0/s1. The van der Waals surface area contributed by atoms with Crippen molar-refractivity contribution in [2.24, 2.45) is 5.92 Å². The van der Waals surface area contributed by atoms with Crippen LogP contribution in [0.1, 0.15) is 19.8 Å². The van der Waals surface area contributed by atoms with Crippen molar-refractivity contribution < 1.29 is 37.0 Å². The highest BCUT2D eigenvalue weighted by molar-refractivity contribution is 5.77. The Labute approximate surface area is 180 Å². The van der Waals surface area contributed by atoms with Gasteiger partial charge in [0.25, 0.3) is 5.92 Å². The molecule has 1 unspecified atom stereocenters. The number of aromatic nitrogens is 2. The van der Waals surface area contributed by atoms with E-state index in [0.717, 1.165) is 6.07 Å². The summed E-state index contributed by atoms with van der Waals surface area (Å²) < 4.78 is 56.9. The van der Waals surface area contributed by atoms with Gasteiger partial charge in [-0.05, 0) is 25.5 Å². The Morgan fingerprint density at radius 2 is 2.12 bits per heavy atom. The molecule has 170 valence electrons. The third-order valence-corrected chi connectivity index (χ3v) is 4.94. The van der Waals surface area contributed by atoms with Crippen LogP contribution in [0.25, 0.3) is 22.7 Å². The number of rotatable bonds is 9. The Morgan fingerprint density at radius 1 is 1.34 bits per heavy atom. The van der Waals surface area contributed by atoms with Crippen LogP contribution >= 0.6 is 0 Å². The van der Waals surface area contributed by atoms with E-state index in [9.17, 15) is 18.0 Å². The molecule has 0 spiro atoms. The van der Waals surface area contributed by atoms with Crippen molar-refractivity contribution in [3.8, 4) is 23.1 Å². The summed E-state index contributed by atoms with van der Waals surface area (Å²) in [7, 11) is 0. The van der Waals surface area contributed by atoms with E-state index in [-0.39, 0.29) is 43.4 Å². The fraction of sp³-hybridized carbons (Fsp3) is 0.381. The van der Waals surface area contributed by atoms with Crippen molar-refractivity contribution in [3.63, 3.8) is 0 Å². The SMILES string of the molecule is C[C@@H](COc1cnc(-c2nc3ccc(OCCC4CC4(F)F)cc3o2)c(F)c1)NC(=O)O. The van der Waals surface area contributed by atoms with Gasteiger partial charge in [-0.3, -0.25) is 0 Å². The number of hydrogen-bond acceptors (Lipinski definition) is 6. The van der Waals surface area contributed by atoms with E-state index in [1.165, 1.54) is 6.20 Å². The molecular formula is C21H20F3N3O5. The zero-order valence-corrected chi connectivity index (χ0v) is 17.0. The molecule has 11 heteroatoms. The normalized spacial score (nSPS) is 17.7. The van der Waals surface area contributed by atoms with E-state index >= 15 is 0 Å². The van der Waals surface area contributed by atoms with Crippen molar-refractivity contribution in [1.29, 1.82) is 0 Å². The number of ether oxygens (including phenoxy) is 2. The van der Waals surface area contributed by atoms with E-state index < -0.39 is 29.8 Å². The van der Waals surface area contributed by atoms with Crippen LogP contribution in [0.5, 0.6) is 11.5 Å². The van der Waals surface area contributed by atoms with Crippen LogP contribution in [0.15, 0.2) is 34.9 Å². The van der Waals surface area contributed by atoms with Crippen LogP contribution < -0.4 is 14.8 Å². The summed E-state index contributed by atoms with van der Waals surface area (Å²) >= 11 is 0. The summed E-state index contributed by atoms with van der Waals surface area (Å²) in [6.45, 7) is 1.76. The fourth-order valence-corrected chi connectivity index (χ4v) is 3.13. The molecule has 1 aliphatic carbocycles. The Hall–Kier alpha value is -3.50. The maximum Gasteiger partial charge on any atom is 0.404 e. The van der Waals surface area contributed by atoms with E-state index in [1.54, 1.807) is 25.1 Å². The summed E-state index contributed by atoms with van der Waals surface area (Å²) in [6.07, 6.45) is 0.265. The summed E-state index contributed by atoms with van der Waals surface area (Å²) in [4.78, 5) is 18.8. The third-order valence-electron chi connectivity index (χ3n) is 4.94. The largest absolute Gasteiger partial charge is 0.493 e. The molecule has 8 nitrogen and oxygen atoms in total. The highest BCUT2D eigenvalue weighted by Crippen LogP contribution is 2.50. The van der Waals surface area contributed by atoms with Gasteiger partial charge in [0.15, 0.2) is 17.1 Å². The van der Waals surface area contributed by atoms with Gasteiger partial charge in [-0.15, -0.1) is 0 Å². The number of oxazole rings is 1. The van der Waals surface area contributed by atoms with Gasteiger partial charge in [-0.25, -0.2) is 27.9 Å². The molecule has 0 radical (unpaired) electrons. The molecule has 1 amide bonds. The van der Waals surface area contributed by atoms with E-state index in [0.29, 0.717) is 16.8 Å². The van der Waals surface area contributed by atoms with Crippen molar-refractivity contribution in [2.45, 2.75) is 31.7 Å². The number of benzene rings is 1. The molecule has 4 rings (SSSR count). The number of carboxylic acid groups (broad SMARTS) is 1. The van der Waals surface area contributed by atoms with Gasteiger partial charge in [0.05, 0.1) is 18.8 Å². The average Bonchev–Trinajstić information content (AvgIpc) is 3.13. The lowest BCUT2D eigenvalue weighted by Crippen LogP contribution is -2.35. The summed E-state index contributed by atoms with van der Waals surface area (Å²) in [5.41, 5.74) is 0.671. The fourth-order valence-electron chi connectivity index (χ4n) is 3.13. The van der Waals surface area contributed by atoms with Crippen LogP contribution in [-0.4, -0.2) is 46.3 Å². The molecule has 1 saturated carbocycles. The number of fused-ring (bicyclic) bond motifs is 1. The lowest BCUT2D eigenvalue weighted by atomic mass is 10.3. The topological polar surface area (TPSA) is 107 Å². The predicted octanol–water partition coefficient (Wildman–Crippen LogP) is 4.49. The summed E-state index contributed by atoms with van der Waals surface area (Å²) in [5, 5.41) is 10.9. The third kappa shape index (κ3) is 5.04. The van der Waals surface area contributed by atoms with Crippen molar-refractivity contribution in [3.05, 3.63) is 36.3 Å². The molecule has 3 aromatic rings. The molecule has 2 heterocycles. The lowest BCUT2D eigenvalue weighted by Gasteiger charge is -2.12. The zero-order chi connectivity index (χ0) is 22.9. The first kappa shape index (κ1) is 21.7. The molecule has 2 atom stereocenters. The Kier molecular flexibility index (Phi) is 5.81. The second kappa shape index (κ2) is 8.56. The number of carbonyl (C=O) groups is 1. The number of amides is 1. The molecule has 1 aliphatic rings. The minimum Gasteiger partial charge on any atom is -0.493 e. The zero-order valence-electron chi connectivity index (χ0n) is 17.0. The number of nitrogens with zero attached hydrogens (tertiary/aromatic N) is 2. The monoisotopic (exact) mass is 451 g/mol. The molecule has 1 fully saturated rings. The number of nitrogens with one attached hydrogen (secondary N) is 1. The number of hydrogen-bond donors (Lipinski definition) is 2. The minimum absolute atomic E-state index is 0.00316. The van der Waals surface area contributed by atoms with Gasteiger partial charge in [-0.1, -0.05) is 0 Å². The quantitative estimate of drug-likeness (QED) is 0.494. The first-order valence-corrected chi connectivity index (χ1v) is 9.90.